The molecule has 1 unspecified atom stereocenters. The summed E-state index contributed by atoms with van der Waals surface area (Å²) in [6, 6.07) is 0. The van der Waals surface area contributed by atoms with Crippen LogP contribution >= 0.6 is 0 Å². The van der Waals surface area contributed by atoms with Gasteiger partial charge in [-0.1, -0.05) is 60.3 Å². The van der Waals surface area contributed by atoms with E-state index in [4.69, 9.17) is 10.8 Å². The summed E-state index contributed by atoms with van der Waals surface area (Å²) in [5.41, 5.74) is 0.0697. The fourth-order valence-electron chi connectivity index (χ4n) is 1.65. The average molecular weight is 269 g/mol. The normalized spacial score (nSPS) is 15.3. The van der Waals surface area contributed by atoms with Crippen molar-refractivity contribution in [3.05, 3.63) is 0 Å². The van der Waals surface area contributed by atoms with E-state index in [1.54, 1.807) is 0 Å². The summed E-state index contributed by atoms with van der Waals surface area (Å²) in [6.07, 6.45) is 9.22. The molecule has 0 saturated heterocycles. The smallest absolute Gasteiger partial charge is 0.193 e. The van der Waals surface area contributed by atoms with Gasteiger partial charge in [-0.3, -0.25) is 0 Å². The van der Waals surface area contributed by atoms with E-state index >= 15 is 0 Å². The number of rotatable bonds is 6. The molecular formula is C16H32OSi. The Balaban J connectivity index is 4.87. The molecule has 0 aromatic heterocycles. The van der Waals surface area contributed by atoms with Gasteiger partial charge in [0.1, 0.15) is 6.10 Å². The molecule has 0 radical (unpaired) electrons. The molecule has 106 valence electrons. The van der Waals surface area contributed by atoms with Crippen LogP contribution in [0.25, 0.3) is 0 Å². The summed E-state index contributed by atoms with van der Waals surface area (Å²) < 4.78 is 6.42. The Bertz CT molecular complexity index is 291. The highest BCUT2D eigenvalue weighted by atomic mass is 28.4. The van der Waals surface area contributed by atoms with Gasteiger partial charge >= 0.3 is 0 Å². The molecular weight excluding hydrogens is 236 g/mol. The molecule has 0 fully saturated rings. The Morgan fingerprint density at radius 1 is 1.17 bits per heavy atom. The average Bonchev–Trinajstić information content (AvgIpc) is 2.21. The molecule has 0 aliphatic carbocycles. The van der Waals surface area contributed by atoms with Crippen molar-refractivity contribution >= 4 is 8.32 Å². The molecule has 0 aliphatic heterocycles. The van der Waals surface area contributed by atoms with Crippen LogP contribution < -0.4 is 0 Å². The van der Waals surface area contributed by atoms with Crippen molar-refractivity contribution in [2.75, 3.05) is 0 Å². The number of hydrogen-bond donors (Lipinski definition) is 0. The molecule has 0 heterocycles. The van der Waals surface area contributed by atoms with E-state index in [2.05, 4.69) is 60.6 Å². The van der Waals surface area contributed by atoms with Gasteiger partial charge in [0.25, 0.3) is 0 Å². The molecule has 1 atom stereocenters. The molecule has 18 heavy (non-hydrogen) atoms. The zero-order valence-corrected chi connectivity index (χ0v) is 14.7. The summed E-state index contributed by atoms with van der Waals surface area (Å²) >= 11 is 0. The Morgan fingerprint density at radius 2 is 1.67 bits per heavy atom. The van der Waals surface area contributed by atoms with E-state index in [1.165, 1.54) is 12.8 Å². The summed E-state index contributed by atoms with van der Waals surface area (Å²) in [5.74, 6) is 2.89. The highest BCUT2D eigenvalue weighted by Gasteiger charge is 2.42. The fourth-order valence-corrected chi connectivity index (χ4v) is 2.98. The van der Waals surface area contributed by atoms with E-state index in [9.17, 15) is 0 Å². The second-order valence-electron chi connectivity index (χ2n) is 7.52. The standard InChI is InChI=1S/C16H32OSi/c1-10-12-13-16(6,7)14(11-2)17-18(8,9)15(3,4)5/h2,14H,10,12-13H2,1,3-9H3. The maximum atomic E-state index is 6.42. The first-order valence-electron chi connectivity index (χ1n) is 7.12. The third-order valence-corrected chi connectivity index (χ3v) is 8.69. The van der Waals surface area contributed by atoms with Gasteiger partial charge in [0.2, 0.25) is 0 Å². The molecule has 0 aromatic carbocycles. The van der Waals surface area contributed by atoms with Gasteiger partial charge in [0.15, 0.2) is 8.32 Å². The predicted octanol–water partition coefficient (Wildman–Crippen LogP) is 5.23. The van der Waals surface area contributed by atoms with E-state index in [-0.39, 0.29) is 16.6 Å². The molecule has 0 spiro atoms. The van der Waals surface area contributed by atoms with Gasteiger partial charge in [-0.15, -0.1) is 6.42 Å². The van der Waals surface area contributed by atoms with Crippen LogP contribution in [-0.4, -0.2) is 14.4 Å². The lowest BCUT2D eigenvalue weighted by Gasteiger charge is -2.42. The monoisotopic (exact) mass is 268 g/mol. The zero-order valence-electron chi connectivity index (χ0n) is 13.7. The highest BCUT2D eigenvalue weighted by molar-refractivity contribution is 6.74. The minimum absolute atomic E-state index is 0.0649. The Morgan fingerprint density at radius 3 is 2.00 bits per heavy atom. The lowest BCUT2D eigenvalue weighted by atomic mass is 9.82. The lowest BCUT2D eigenvalue weighted by Crippen LogP contribution is -2.47. The van der Waals surface area contributed by atoms with Crippen molar-refractivity contribution in [1.29, 1.82) is 0 Å². The van der Waals surface area contributed by atoms with E-state index < -0.39 is 8.32 Å². The maximum Gasteiger partial charge on any atom is 0.193 e. The molecule has 0 bridgehead atoms. The minimum Gasteiger partial charge on any atom is -0.403 e. The van der Waals surface area contributed by atoms with Crippen molar-refractivity contribution < 1.29 is 4.43 Å². The Labute approximate surface area is 116 Å². The van der Waals surface area contributed by atoms with Crippen LogP contribution in [0.3, 0.4) is 0 Å². The van der Waals surface area contributed by atoms with Crippen LogP contribution in [0.15, 0.2) is 0 Å². The third-order valence-electron chi connectivity index (χ3n) is 4.25. The van der Waals surface area contributed by atoms with Gasteiger partial charge in [-0.25, -0.2) is 0 Å². The minimum atomic E-state index is -1.78. The van der Waals surface area contributed by atoms with Crippen LogP contribution in [0.2, 0.25) is 18.1 Å². The van der Waals surface area contributed by atoms with Gasteiger partial charge in [-0.2, -0.15) is 0 Å². The predicted molar refractivity (Wildman–Crippen MR) is 84.2 cm³/mol. The topological polar surface area (TPSA) is 9.23 Å². The lowest BCUT2D eigenvalue weighted by molar-refractivity contribution is 0.0974. The molecule has 0 N–H and O–H groups in total. The van der Waals surface area contributed by atoms with Crippen molar-refractivity contribution in [3.8, 4) is 12.3 Å². The van der Waals surface area contributed by atoms with Gasteiger partial charge in [0.05, 0.1) is 0 Å². The zero-order chi connectivity index (χ0) is 14.6. The van der Waals surface area contributed by atoms with Gasteiger partial charge in [-0.05, 0) is 24.6 Å². The van der Waals surface area contributed by atoms with Crippen molar-refractivity contribution in [2.45, 2.75) is 85.0 Å². The summed E-state index contributed by atoms with van der Waals surface area (Å²) in [4.78, 5) is 0. The summed E-state index contributed by atoms with van der Waals surface area (Å²) in [7, 11) is -1.78. The van der Waals surface area contributed by atoms with Crippen molar-refractivity contribution in [1.82, 2.24) is 0 Å². The van der Waals surface area contributed by atoms with Gasteiger partial charge < -0.3 is 4.43 Å². The van der Waals surface area contributed by atoms with Crippen LogP contribution in [0.5, 0.6) is 0 Å². The molecule has 0 aliphatic rings. The van der Waals surface area contributed by atoms with Gasteiger partial charge in [0, 0.05) is 5.41 Å². The van der Waals surface area contributed by atoms with E-state index in [0.717, 1.165) is 6.42 Å². The quantitative estimate of drug-likeness (QED) is 0.473. The molecule has 0 rings (SSSR count). The second kappa shape index (κ2) is 6.26. The summed E-state index contributed by atoms with van der Waals surface area (Å²) in [5, 5.41) is 0.211. The molecule has 0 amide bonds. The highest BCUT2D eigenvalue weighted by Crippen LogP contribution is 2.40. The Kier molecular flexibility index (Phi) is 6.17. The second-order valence-corrected chi connectivity index (χ2v) is 12.3. The molecule has 0 saturated carbocycles. The molecule has 2 heteroatoms. The first-order chi connectivity index (χ1) is 7.98. The van der Waals surface area contributed by atoms with Crippen molar-refractivity contribution in [3.63, 3.8) is 0 Å². The first kappa shape index (κ1) is 17.7. The Hall–Kier alpha value is -0.263. The maximum absolute atomic E-state index is 6.42. The number of unbranched alkanes of at least 4 members (excludes halogenated alkanes) is 1. The van der Waals surface area contributed by atoms with Crippen molar-refractivity contribution in [2.24, 2.45) is 5.41 Å². The first-order valence-corrected chi connectivity index (χ1v) is 10.0. The van der Waals surface area contributed by atoms with E-state index in [1.807, 2.05) is 0 Å². The molecule has 1 nitrogen and oxygen atoms in total. The van der Waals surface area contributed by atoms with Crippen LogP contribution in [0.1, 0.15) is 60.8 Å². The fraction of sp³-hybridized carbons (Fsp3) is 0.875. The SMILES string of the molecule is C#CC(O[Si](C)(C)C(C)(C)C)C(C)(C)CCCC. The third kappa shape index (κ3) is 4.78. The molecule has 0 aromatic rings. The number of terminal acetylenes is 1. The van der Waals surface area contributed by atoms with Crippen LogP contribution in [0, 0.1) is 17.8 Å². The largest absolute Gasteiger partial charge is 0.403 e. The van der Waals surface area contributed by atoms with Crippen LogP contribution in [0.4, 0.5) is 0 Å². The summed E-state index contributed by atoms with van der Waals surface area (Å²) in [6.45, 7) is 18.0. The van der Waals surface area contributed by atoms with E-state index in [0.29, 0.717) is 0 Å². The number of hydrogen-bond acceptors (Lipinski definition) is 1. The van der Waals surface area contributed by atoms with Crippen LogP contribution in [-0.2, 0) is 4.43 Å².